The average molecular weight is 663 g/mol. The number of hydrogen-bond acceptors (Lipinski definition) is 2. The Balaban J connectivity index is 3.05. The van der Waals surface area contributed by atoms with Crippen molar-refractivity contribution >= 4 is 0 Å². The summed E-state index contributed by atoms with van der Waals surface area (Å²) in [7, 11) is 0. The summed E-state index contributed by atoms with van der Waals surface area (Å²) in [5, 5.41) is 0. The number of unbranched alkanes of at least 4 members (excludes halogenated alkanes) is 39. The van der Waals surface area contributed by atoms with Crippen LogP contribution in [0.1, 0.15) is 277 Å². The van der Waals surface area contributed by atoms with E-state index in [4.69, 9.17) is 11.5 Å². The van der Waals surface area contributed by atoms with E-state index in [-0.39, 0.29) is 0 Å². The Kier molecular flexibility index (Phi) is 43.9. The molecule has 0 aliphatic rings. The molecule has 1 unspecified atom stereocenters. The molecule has 0 saturated carbocycles. The highest BCUT2D eigenvalue weighted by Gasteiger charge is 2.01. The van der Waals surface area contributed by atoms with Crippen LogP contribution in [0.15, 0.2) is 0 Å². The Morgan fingerprint density at radius 2 is 0.426 bits per heavy atom. The van der Waals surface area contributed by atoms with E-state index in [1.54, 1.807) is 0 Å². The van der Waals surface area contributed by atoms with Gasteiger partial charge in [-0.15, -0.1) is 0 Å². The van der Waals surface area contributed by atoms with Gasteiger partial charge in [0, 0.05) is 6.04 Å². The smallest absolute Gasteiger partial charge is 0.00508 e. The Hall–Kier alpha value is -0.0800. The Bertz CT molecular complexity index is 520. The molecule has 2 nitrogen and oxygen atoms in total. The highest BCUT2D eigenvalue weighted by atomic mass is 14.6. The van der Waals surface area contributed by atoms with Crippen molar-refractivity contribution in [3.8, 4) is 0 Å². The quantitative estimate of drug-likeness (QED) is 0.0638. The standard InChI is InChI=1S/C45H94N2/c1-2-3-4-5-6-7-8-9-10-11-12-13-14-15-16-17-18-19-20-21-22-23-24-25-26-27-28-29-30-31-32-33-34-35-36-37-38-39-40-41-42-45(47)43-44-46/h45H,2-44,46-47H2,1H3. The van der Waals surface area contributed by atoms with Gasteiger partial charge in [0.25, 0.3) is 0 Å². The lowest BCUT2D eigenvalue weighted by Crippen LogP contribution is -2.23. The summed E-state index contributed by atoms with van der Waals surface area (Å²) in [6.07, 6.45) is 60.9. The van der Waals surface area contributed by atoms with Gasteiger partial charge in [-0.2, -0.15) is 0 Å². The van der Waals surface area contributed by atoms with Gasteiger partial charge in [-0.25, -0.2) is 0 Å². The minimum absolute atomic E-state index is 0.336. The van der Waals surface area contributed by atoms with Gasteiger partial charge in [0.15, 0.2) is 0 Å². The largest absolute Gasteiger partial charge is 0.330 e. The van der Waals surface area contributed by atoms with E-state index in [0.717, 1.165) is 19.4 Å². The lowest BCUT2D eigenvalue weighted by molar-refractivity contribution is 0.502. The second-order valence-electron chi connectivity index (χ2n) is 15.9. The summed E-state index contributed by atoms with van der Waals surface area (Å²) in [5.41, 5.74) is 11.6. The maximum absolute atomic E-state index is 6.03. The molecule has 284 valence electrons. The van der Waals surface area contributed by atoms with Crippen LogP contribution >= 0.6 is 0 Å². The van der Waals surface area contributed by atoms with Gasteiger partial charge in [0.1, 0.15) is 0 Å². The van der Waals surface area contributed by atoms with E-state index in [1.165, 1.54) is 257 Å². The molecule has 0 aromatic carbocycles. The molecule has 2 heteroatoms. The minimum Gasteiger partial charge on any atom is -0.330 e. The molecule has 0 bridgehead atoms. The Morgan fingerprint density at radius 3 is 0.596 bits per heavy atom. The molecule has 0 aromatic rings. The van der Waals surface area contributed by atoms with Crippen LogP contribution in [0.25, 0.3) is 0 Å². The third-order valence-electron chi connectivity index (χ3n) is 11.0. The Labute approximate surface area is 299 Å². The SMILES string of the molecule is CCCCCCCCCCCCCCCCCCCCCCCCCCCCCCCCCCCCCCCCCCC(N)CCN. The van der Waals surface area contributed by atoms with Crippen molar-refractivity contribution in [2.24, 2.45) is 11.5 Å². The van der Waals surface area contributed by atoms with E-state index in [2.05, 4.69) is 6.92 Å². The summed E-state index contributed by atoms with van der Waals surface area (Å²) >= 11 is 0. The van der Waals surface area contributed by atoms with E-state index < -0.39 is 0 Å². The van der Waals surface area contributed by atoms with Crippen LogP contribution in [-0.4, -0.2) is 12.6 Å². The molecule has 1 atom stereocenters. The van der Waals surface area contributed by atoms with Crippen molar-refractivity contribution in [1.29, 1.82) is 0 Å². The maximum atomic E-state index is 6.03. The van der Waals surface area contributed by atoms with Gasteiger partial charge in [0.05, 0.1) is 0 Å². The Morgan fingerprint density at radius 1 is 0.255 bits per heavy atom. The molecule has 0 spiro atoms. The molecule has 0 radical (unpaired) electrons. The summed E-state index contributed by atoms with van der Waals surface area (Å²) < 4.78 is 0. The lowest BCUT2D eigenvalue weighted by Gasteiger charge is -2.09. The first-order valence-electron chi connectivity index (χ1n) is 22.8. The monoisotopic (exact) mass is 663 g/mol. The predicted molar refractivity (Wildman–Crippen MR) is 217 cm³/mol. The average Bonchev–Trinajstić information content (AvgIpc) is 3.07. The van der Waals surface area contributed by atoms with Gasteiger partial charge >= 0.3 is 0 Å². The molecule has 0 amide bonds. The minimum atomic E-state index is 0.336. The first kappa shape index (κ1) is 46.9. The van der Waals surface area contributed by atoms with Gasteiger partial charge in [-0.05, 0) is 19.4 Å². The van der Waals surface area contributed by atoms with Crippen LogP contribution in [0.2, 0.25) is 0 Å². The first-order chi connectivity index (χ1) is 23.3. The molecule has 0 heterocycles. The molecule has 0 aromatic heterocycles. The van der Waals surface area contributed by atoms with Gasteiger partial charge in [-0.1, -0.05) is 264 Å². The number of nitrogens with two attached hydrogens (primary N) is 2. The third kappa shape index (κ3) is 43.9. The predicted octanol–water partition coefficient (Wildman–Crippen LogP) is 15.7. The van der Waals surface area contributed by atoms with Crippen molar-refractivity contribution < 1.29 is 0 Å². The van der Waals surface area contributed by atoms with Crippen LogP contribution < -0.4 is 11.5 Å². The van der Waals surface area contributed by atoms with Crippen LogP contribution in [0.4, 0.5) is 0 Å². The van der Waals surface area contributed by atoms with Crippen molar-refractivity contribution in [1.82, 2.24) is 0 Å². The fourth-order valence-electron chi connectivity index (χ4n) is 7.56. The molecule has 0 rings (SSSR count). The molecule has 47 heavy (non-hydrogen) atoms. The van der Waals surface area contributed by atoms with Crippen LogP contribution in [-0.2, 0) is 0 Å². The van der Waals surface area contributed by atoms with Crippen LogP contribution in [0.3, 0.4) is 0 Å². The van der Waals surface area contributed by atoms with Crippen molar-refractivity contribution in [3.05, 3.63) is 0 Å². The normalized spacial score (nSPS) is 12.3. The highest BCUT2D eigenvalue weighted by molar-refractivity contribution is 4.61. The summed E-state index contributed by atoms with van der Waals surface area (Å²) in [5.74, 6) is 0. The maximum Gasteiger partial charge on any atom is 0.00508 e. The third-order valence-corrected chi connectivity index (χ3v) is 11.0. The second-order valence-corrected chi connectivity index (χ2v) is 15.9. The zero-order valence-electron chi connectivity index (χ0n) is 33.1. The van der Waals surface area contributed by atoms with Crippen LogP contribution in [0, 0.1) is 0 Å². The van der Waals surface area contributed by atoms with Gasteiger partial charge in [0.2, 0.25) is 0 Å². The van der Waals surface area contributed by atoms with E-state index in [9.17, 15) is 0 Å². The molecule has 0 aliphatic carbocycles. The zero-order chi connectivity index (χ0) is 34.0. The van der Waals surface area contributed by atoms with E-state index in [0.29, 0.717) is 6.04 Å². The molecule has 0 saturated heterocycles. The van der Waals surface area contributed by atoms with Crippen molar-refractivity contribution in [2.75, 3.05) is 6.54 Å². The number of hydrogen-bond donors (Lipinski definition) is 2. The number of rotatable bonds is 43. The van der Waals surface area contributed by atoms with Crippen molar-refractivity contribution in [2.45, 2.75) is 283 Å². The fraction of sp³-hybridized carbons (Fsp3) is 1.00. The van der Waals surface area contributed by atoms with E-state index in [1.807, 2.05) is 0 Å². The molecule has 0 aliphatic heterocycles. The van der Waals surface area contributed by atoms with Crippen LogP contribution in [0.5, 0.6) is 0 Å². The van der Waals surface area contributed by atoms with Crippen molar-refractivity contribution in [3.63, 3.8) is 0 Å². The zero-order valence-corrected chi connectivity index (χ0v) is 33.1. The topological polar surface area (TPSA) is 52.0 Å². The van der Waals surface area contributed by atoms with Gasteiger partial charge in [-0.3, -0.25) is 0 Å². The summed E-state index contributed by atoms with van der Waals surface area (Å²) in [4.78, 5) is 0. The summed E-state index contributed by atoms with van der Waals surface area (Å²) in [6.45, 7) is 3.05. The second kappa shape index (κ2) is 43.9. The highest BCUT2D eigenvalue weighted by Crippen LogP contribution is 2.18. The molecule has 4 N–H and O–H groups in total. The van der Waals surface area contributed by atoms with E-state index >= 15 is 0 Å². The lowest BCUT2D eigenvalue weighted by atomic mass is 10.0. The fourth-order valence-corrected chi connectivity index (χ4v) is 7.56. The first-order valence-corrected chi connectivity index (χ1v) is 22.8. The van der Waals surface area contributed by atoms with Gasteiger partial charge < -0.3 is 11.5 Å². The molecular weight excluding hydrogens is 569 g/mol. The molecule has 0 fully saturated rings. The molecular formula is C45H94N2. The summed E-state index contributed by atoms with van der Waals surface area (Å²) in [6, 6.07) is 0.336.